The molecular formula is C18H21N3O4. The summed E-state index contributed by atoms with van der Waals surface area (Å²) in [6.07, 6.45) is 0.881. The van der Waals surface area contributed by atoms with E-state index < -0.39 is 4.92 Å². The highest BCUT2D eigenvalue weighted by Gasteiger charge is 2.13. The van der Waals surface area contributed by atoms with Gasteiger partial charge in [-0.25, -0.2) is 0 Å². The molecule has 0 aliphatic carbocycles. The van der Waals surface area contributed by atoms with Crippen molar-refractivity contribution in [3.8, 4) is 5.75 Å². The summed E-state index contributed by atoms with van der Waals surface area (Å²) in [5, 5.41) is 26.3. The number of benzene rings is 2. The first-order chi connectivity index (χ1) is 12.0. The molecule has 0 aliphatic heterocycles. The molecular weight excluding hydrogens is 322 g/mol. The van der Waals surface area contributed by atoms with Crippen LogP contribution in [-0.2, 0) is 13.1 Å². The zero-order valence-electron chi connectivity index (χ0n) is 14.0. The molecule has 2 aromatic rings. The standard InChI is InChI=1S/C18H21N3O4/c1-2-8-20-18(23)15-5-3-4-13(9-15)11-19-12-14-6-7-17(22)16(10-14)21(24)25/h3-7,9-10,19,22H,2,8,11-12H2,1H3,(H,20,23). The van der Waals surface area contributed by atoms with Gasteiger partial charge in [-0.15, -0.1) is 0 Å². The summed E-state index contributed by atoms with van der Waals surface area (Å²) in [4.78, 5) is 22.2. The number of phenolic OH excluding ortho intramolecular Hbond substituents is 1. The molecule has 25 heavy (non-hydrogen) atoms. The maximum atomic E-state index is 12.0. The van der Waals surface area contributed by atoms with Crippen LogP contribution >= 0.6 is 0 Å². The first kappa shape index (κ1) is 18.4. The SMILES string of the molecule is CCCNC(=O)c1cccc(CNCc2ccc(O)c([N+](=O)[O-])c2)c1. The number of nitro groups is 1. The van der Waals surface area contributed by atoms with Crippen LogP contribution in [0.1, 0.15) is 34.8 Å². The van der Waals surface area contributed by atoms with Crippen LogP contribution < -0.4 is 10.6 Å². The lowest BCUT2D eigenvalue weighted by Gasteiger charge is -2.08. The Labute approximate surface area is 145 Å². The third-order valence-electron chi connectivity index (χ3n) is 3.62. The van der Waals surface area contributed by atoms with Crippen molar-refractivity contribution < 1.29 is 14.8 Å². The second-order valence-electron chi connectivity index (χ2n) is 5.64. The van der Waals surface area contributed by atoms with Gasteiger partial charge in [0.05, 0.1) is 4.92 Å². The third kappa shape index (κ3) is 5.29. The monoisotopic (exact) mass is 343 g/mol. The van der Waals surface area contributed by atoms with Crippen LogP contribution in [-0.4, -0.2) is 22.5 Å². The van der Waals surface area contributed by atoms with Crippen LogP contribution in [0, 0.1) is 10.1 Å². The van der Waals surface area contributed by atoms with Gasteiger partial charge in [-0.05, 0) is 35.7 Å². The lowest BCUT2D eigenvalue weighted by atomic mass is 10.1. The van der Waals surface area contributed by atoms with Crippen molar-refractivity contribution in [3.63, 3.8) is 0 Å². The number of phenols is 1. The van der Waals surface area contributed by atoms with Crippen LogP contribution in [0.5, 0.6) is 5.75 Å². The van der Waals surface area contributed by atoms with E-state index in [-0.39, 0.29) is 17.3 Å². The third-order valence-corrected chi connectivity index (χ3v) is 3.62. The molecule has 0 unspecified atom stereocenters. The Morgan fingerprint density at radius 1 is 1.16 bits per heavy atom. The Kier molecular flexibility index (Phi) is 6.47. The Hall–Kier alpha value is -2.93. The van der Waals surface area contributed by atoms with E-state index in [0.717, 1.165) is 12.0 Å². The van der Waals surface area contributed by atoms with E-state index in [1.54, 1.807) is 12.1 Å². The molecule has 0 saturated carbocycles. The summed E-state index contributed by atoms with van der Waals surface area (Å²) in [7, 11) is 0. The van der Waals surface area contributed by atoms with E-state index in [0.29, 0.717) is 30.8 Å². The largest absolute Gasteiger partial charge is 0.502 e. The van der Waals surface area contributed by atoms with Gasteiger partial charge in [0.15, 0.2) is 5.75 Å². The topological polar surface area (TPSA) is 104 Å². The number of nitrogens with zero attached hydrogens (tertiary/aromatic N) is 1. The normalized spacial score (nSPS) is 10.4. The molecule has 2 rings (SSSR count). The number of rotatable bonds is 8. The number of amides is 1. The molecule has 7 nitrogen and oxygen atoms in total. The van der Waals surface area contributed by atoms with Gasteiger partial charge in [-0.3, -0.25) is 14.9 Å². The van der Waals surface area contributed by atoms with E-state index >= 15 is 0 Å². The zero-order valence-corrected chi connectivity index (χ0v) is 14.0. The Morgan fingerprint density at radius 2 is 1.88 bits per heavy atom. The molecule has 0 aliphatic rings. The molecule has 0 atom stereocenters. The number of hydrogen-bond donors (Lipinski definition) is 3. The summed E-state index contributed by atoms with van der Waals surface area (Å²) in [5.41, 5.74) is 1.93. The van der Waals surface area contributed by atoms with E-state index in [9.17, 15) is 20.0 Å². The predicted octanol–water partition coefficient (Wildman–Crippen LogP) is 2.73. The van der Waals surface area contributed by atoms with E-state index in [1.807, 2.05) is 25.1 Å². The molecule has 0 radical (unpaired) electrons. The Balaban J connectivity index is 1.95. The smallest absolute Gasteiger partial charge is 0.311 e. The Bertz CT molecular complexity index is 762. The first-order valence-electron chi connectivity index (χ1n) is 8.05. The molecule has 0 bridgehead atoms. The van der Waals surface area contributed by atoms with Crippen LogP contribution in [0.3, 0.4) is 0 Å². The summed E-state index contributed by atoms with van der Waals surface area (Å²) in [6.45, 7) is 3.56. The van der Waals surface area contributed by atoms with Crippen LogP contribution in [0.4, 0.5) is 5.69 Å². The molecule has 7 heteroatoms. The molecule has 1 amide bonds. The van der Waals surface area contributed by atoms with Gasteiger partial charge in [0.1, 0.15) is 0 Å². The highest BCUT2D eigenvalue weighted by Crippen LogP contribution is 2.26. The quantitative estimate of drug-likeness (QED) is 0.505. The minimum atomic E-state index is -0.614. The van der Waals surface area contributed by atoms with E-state index in [1.165, 1.54) is 12.1 Å². The van der Waals surface area contributed by atoms with Crippen molar-refractivity contribution in [1.29, 1.82) is 0 Å². The number of carbonyl (C=O) groups is 1. The van der Waals surface area contributed by atoms with Crippen molar-refractivity contribution in [3.05, 3.63) is 69.3 Å². The fourth-order valence-corrected chi connectivity index (χ4v) is 2.34. The second kappa shape index (κ2) is 8.79. The highest BCUT2D eigenvalue weighted by atomic mass is 16.6. The fraction of sp³-hybridized carbons (Fsp3) is 0.278. The predicted molar refractivity (Wildman–Crippen MR) is 94.4 cm³/mol. The summed E-state index contributed by atoms with van der Waals surface area (Å²) < 4.78 is 0. The number of nitro benzene ring substituents is 1. The van der Waals surface area contributed by atoms with E-state index in [4.69, 9.17) is 0 Å². The van der Waals surface area contributed by atoms with Gasteiger partial charge >= 0.3 is 5.69 Å². The number of hydrogen-bond acceptors (Lipinski definition) is 5. The Morgan fingerprint density at radius 3 is 2.56 bits per heavy atom. The van der Waals surface area contributed by atoms with E-state index in [2.05, 4.69) is 10.6 Å². The molecule has 0 saturated heterocycles. The molecule has 2 aromatic carbocycles. The van der Waals surface area contributed by atoms with Gasteiger partial charge in [0, 0.05) is 31.3 Å². The minimum absolute atomic E-state index is 0.0992. The van der Waals surface area contributed by atoms with Gasteiger partial charge in [-0.2, -0.15) is 0 Å². The fourth-order valence-electron chi connectivity index (χ4n) is 2.34. The average molecular weight is 343 g/mol. The van der Waals surface area contributed by atoms with Gasteiger partial charge in [0.25, 0.3) is 5.91 Å². The van der Waals surface area contributed by atoms with Crippen molar-refractivity contribution in [1.82, 2.24) is 10.6 Å². The summed E-state index contributed by atoms with van der Waals surface area (Å²) in [5.74, 6) is -0.447. The minimum Gasteiger partial charge on any atom is -0.502 e. The molecule has 0 heterocycles. The van der Waals surface area contributed by atoms with Crippen LogP contribution in [0.15, 0.2) is 42.5 Å². The zero-order chi connectivity index (χ0) is 18.2. The van der Waals surface area contributed by atoms with Crippen molar-refractivity contribution in [2.75, 3.05) is 6.54 Å². The van der Waals surface area contributed by atoms with Crippen molar-refractivity contribution >= 4 is 11.6 Å². The first-order valence-corrected chi connectivity index (χ1v) is 8.05. The van der Waals surface area contributed by atoms with Crippen molar-refractivity contribution in [2.45, 2.75) is 26.4 Å². The van der Waals surface area contributed by atoms with Crippen LogP contribution in [0.25, 0.3) is 0 Å². The number of aromatic hydroxyl groups is 1. The van der Waals surface area contributed by atoms with Gasteiger partial charge in [-0.1, -0.05) is 25.1 Å². The highest BCUT2D eigenvalue weighted by molar-refractivity contribution is 5.94. The van der Waals surface area contributed by atoms with Crippen LogP contribution in [0.2, 0.25) is 0 Å². The second-order valence-corrected chi connectivity index (χ2v) is 5.64. The molecule has 3 N–H and O–H groups in total. The lowest BCUT2D eigenvalue weighted by Crippen LogP contribution is -2.24. The van der Waals surface area contributed by atoms with Gasteiger partial charge < -0.3 is 15.7 Å². The summed E-state index contributed by atoms with van der Waals surface area (Å²) >= 11 is 0. The number of carbonyl (C=O) groups excluding carboxylic acids is 1. The summed E-state index contributed by atoms with van der Waals surface area (Å²) in [6, 6.07) is 11.6. The average Bonchev–Trinajstić information content (AvgIpc) is 2.61. The number of nitrogens with one attached hydrogen (secondary N) is 2. The molecule has 0 spiro atoms. The lowest BCUT2D eigenvalue weighted by molar-refractivity contribution is -0.385. The van der Waals surface area contributed by atoms with Gasteiger partial charge in [0.2, 0.25) is 0 Å². The maximum Gasteiger partial charge on any atom is 0.311 e. The maximum absolute atomic E-state index is 12.0. The molecule has 132 valence electrons. The van der Waals surface area contributed by atoms with Crippen molar-refractivity contribution in [2.24, 2.45) is 0 Å². The molecule has 0 fully saturated rings. The molecule has 0 aromatic heterocycles.